The van der Waals surface area contributed by atoms with Crippen LogP contribution < -0.4 is 0 Å². The van der Waals surface area contributed by atoms with Gasteiger partial charge in [0, 0.05) is 37.2 Å². The minimum atomic E-state index is -0.788. The second-order valence-electron chi connectivity index (χ2n) is 29.1. The Morgan fingerprint density at radius 2 is 0.974 bits per heavy atom. The average Bonchev–Trinajstić information content (AvgIpc) is 3.31. The second kappa shape index (κ2) is 28.4. The van der Waals surface area contributed by atoms with Crippen LogP contribution in [-0.4, -0.2) is 72.0 Å². The van der Waals surface area contributed by atoms with E-state index in [-0.39, 0.29) is 39.3 Å². The SMILES string of the molecule is C=CC(=O)OC(C)(C)C(COC(C)(C)C(C)(C)CCCCOC(C)(C)CC(C)(CCC1CC(C)(CC(C)(C)OCCCCC(C)(C)C(C)(C)OCC(c2ccccc2)C(C)(C)OC(=O)C=C)C1)CC(C)C=C)c1ccccc1. The lowest BCUT2D eigenvalue weighted by Gasteiger charge is -2.50. The van der Waals surface area contributed by atoms with Crippen LogP contribution in [0, 0.1) is 33.5 Å². The van der Waals surface area contributed by atoms with Gasteiger partial charge in [-0.25, -0.2) is 9.59 Å². The summed E-state index contributed by atoms with van der Waals surface area (Å²) in [6.45, 7) is 55.9. The predicted octanol–water partition coefficient (Wildman–Crippen LogP) is 18.3. The van der Waals surface area contributed by atoms with E-state index in [2.05, 4.69) is 154 Å². The van der Waals surface area contributed by atoms with Gasteiger partial charge in [0.05, 0.1) is 35.6 Å². The van der Waals surface area contributed by atoms with Crippen LogP contribution in [0.25, 0.3) is 0 Å². The fraction of sp³-hybridized carbons (Fsp3) is 0.714. The minimum Gasteiger partial charge on any atom is -0.456 e. The van der Waals surface area contributed by atoms with Crippen molar-refractivity contribution in [2.45, 2.75) is 260 Å². The van der Waals surface area contributed by atoms with Gasteiger partial charge in [-0.2, -0.15) is 0 Å². The molecular weight excluding hydrogens is 969 g/mol. The van der Waals surface area contributed by atoms with Crippen LogP contribution in [0.2, 0.25) is 0 Å². The van der Waals surface area contributed by atoms with Crippen molar-refractivity contribution in [3.8, 4) is 0 Å². The van der Waals surface area contributed by atoms with Crippen molar-refractivity contribution in [2.24, 2.45) is 33.5 Å². The number of ether oxygens (including phenoxy) is 6. The number of rotatable bonds is 38. The number of unbranched alkanes of at least 4 members (excludes halogenated alkanes) is 2. The van der Waals surface area contributed by atoms with Crippen molar-refractivity contribution < 1.29 is 38.0 Å². The summed E-state index contributed by atoms with van der Waals surface area (Å²) in [5.41, 5.74) is -0.478. The molecule has 0 radical (unpaired) electrons. The van der Waals surface area contributed by atoms with E-state index in [1.165, 1.54) is 37.8 Å². The lowest BCUT2D eigenvalue weighted by molar-refractivity contribution is -0.160. The van der Waals surface area contributed by atoms with Crippen LogP contribution in [0.1, 0.15) is 238 Å². The molecule has 0 saturated heterocycles. The van der Waals surface area contributed by atoms with E-state index in [9.17, 15) is 9.59 Å². The zero-order chi connectivity index (χ0) is 59.1. The summed E-state index contributed by atoms with van der Waals surface area (Å²) in [6, 6.07) is 20.4. The minimum absolute atomic E-state index is 0.0998. The van der Waals surface area contributed by atoms with Gasteiger partial charge in [0.15, 0.2) is 0 Å². The van der Waals surface area contributed by atoms with Gasteiger partial charge < -0.3 is 28.4 Å². The maximum absolute atomic E-state index is 12.3. The Balaban J connectivity index is 1.47. The van der Waals surface area contributed by atoms with Crippen molar-refractivity contribution in [2.75, 3.05) is 26.4 Å². The summed E-state index contributed by atoms with van der Waals surface area (Å²) in [7, 11) is 0. The number of hydrogen-bond donors (Lipinski definition) is 0. The lowest BCUT2D eigenvalue weighted by Crippen LogP contribution is -2.45. The molecule has 0 heterocycles. The van der Waals surface area contributed by atoms with Crippen molar-refractivity contribution in [1.29, 1.82) is 0 Å². The summed E-state index contributed by atoms with van der Waals surface area (Å²) in [5.74, 6) is 0.0103. The first-order valence-corrected chi connectivity index (χ1v) is 29.9. The summed E-state index contributed by atoms with van der Waals surface area (Å²) < 4.78 is 38.8. The average molecular weight is 1080 g/mol. The molecule has 2 aromatic carbocycles. The third kappa shape index (κ3) is 21.4. The molecule has 1 aliphatic rings. The Morgan fingerprint density at radius 1 is 0.577 bits per heavy atom. The van der Waals surface area contributed by atoms with Gasteiger partial charge >= 0.3 is 11.9 Å². The molecule has 78 heavy (non-hydrogen) atoms. The largest absolute Gasteiger partial charge is 0.456 e. The molecule has 0 N–H and O–H groups in total. The quantitative estimate of drug-likeness (QED) is 0.0284. The first kappa shape index (κ1) is 68.7. The van der Waals surface area contributed by atoms with Crippen molar-refractivity contribution >= 4 is 11.9 Å². The van der Waals surface area contributed by atoms with Crippen LogP contribution in [0.5, 0.6) is 0 Å². The standard InChI is InChI=1S/C70H114O8/c1-23-53(4)46-69(21,51-63(9,10)73-44-34-32-41-61(5,6)67(17,18)75-49-57(55-36-28-26-29-37-55)65(13,14)77-59(71)24-2)43-40-54-47-70(22,48-54)52-64(11,12)74-45-35-33-42-62(7,8)68(19,20)76-50-58(56-38-30-27-31-39-56)66(15,16)78-60(72)25-3/h23-31,36-39,53-54,57-58H,1-3,32-35,40-52H2,4-22H3. The molecule has 4 atom stereocenters. The molecule has 0 amide bonds. The lowest BCUT2D eigenvalue weighted by atomic mass is 9.57. The number of allylic oxidation sites excluding steroid dienone is 1. The molecule has 3 rings (SSSR count). The number of carbonyl (C=O) groups is 2. The fourth-order valence-corrected chi connectivity index (χ4v) is 12.6. The normalized spacial score (nSPS) is 18.9. The highest BCUT2D eigenvalue weighted by Gasteiger charge is 2.46. The van der Waals surface area contributed by atoms with E-state index in [1.54, 1.807) is 0 Å². The first-order valence-electron chi connectivity index (χ1n) is 29.9. The Labute approximate surface area is 478 Å². The smallest absolute Gasteiger partial charge is 0.330 e. The van der Waals surface area contributed by atoms with Crippen LogP contribution >= 0.6 is 0 Å². The highest BCUT2D eigenvalue weighted by atomic mass is 16.6. The van der Waals surface area contributed by atoms with Gasteiger partial charge in [-0.05, 0) is 198 Å². The molecule has 0 bridgehead atoms. The number of carbonyl (C=O) groups excluding carboxylic acids is 2. The third-order valence-electron chi connectivity index (χ3n) is 18.6. The van der Waals surface area contributed by atoms with Crippen LogP contribution in [-0.2, 0) is 38.0 Å². The molecule has 2 aromatic rings. The van der Waals surface area contributed by atoms with E-state index >= 15 is 0 Å². The number of benzene rings is 2. The van der Waals surface area contributed by atoms with E-state index in [1.807, 2.05) is 64.1 Å². The summed E-state index contributed by atoms with van der Waals surface area (Å²) in [6.07, 6.45) is 18.8. The molecule has 0 aliphatic heterocycles. The summed E-state index contributed by atoms with van der Waals surface area (Å²) in [4.78, 5) is 24.6. The maximum Gasteiger partial charge on any atom is 0.330 e. The Morgan fingerprint density at radius 3 is 1.36 bits per heavy atom. The van der Waals surface area contributed by atoms with Gasteiger partial charge in [0.2, 0.25) is 0 Å². The molecule has 4 unspecified atom stereocenters. The number of esters is 2. The van der Waals surface area contributed by atoms with Gasteiger partial charge in [-0.15, -0.1) is 6.58 Å². The predicted molar refractivity (Wildman–Crippen MR) is 326 cm³/mol. The zero-order valence-electron chi connectivity index (χ0n) is 53.2. The van der Waals surface area contributed by atoms with Gasteiger partial charge in [0.25, 0.3) is 0 Å². The summed E-state index contributed by atoms with van der Waals surface area (Å²) in [5, 5.41) is 0. The van der Waals surface area contributed by atoms with E-state index < -0.39 is 34.3 Å². The summed E-state index contributed by atoms with van der Waals surface area (Å²) >= 11 is 0. The van der Waals surface area contributed by atoms with Gasteiger partial charge in [-0.1, -0.05) is 141 Å². The highest BCUT2D eigenvalue weighted by molar-refractivity contribution is 5.82. The third-order valence-corrected chi connectivity index (χ3v) is 18.6. The first-order chi connectivity index (χ1) is 35.9. The molecule has 1 aliphatic carbocycles. The van der Waals surface area contributed by atoms with Crippen LogP contribution in [0.4, 0.5) is 0 Å². The molecule has 442 valence electrons. The van der Waals surface area contributed by atoms with Gasteiger partial charge in [-0.3, -0.25) is 0 Å². The maximum atomic E-state index is 12.3. The molecule has 1 fully saturated rings. The van der Waals surface area contributed by atoms with E-state index in [0.29, 0.717) is 24.5 Å². The zero-order valence-corrected chi connectivity index (χ0v) is 53.2. The van der Waals surface area contributed by atoms with Crippen molar-refractivity contribution in [3.63, 3.8) is 0 Å². The van der Waals surface area contributed by atoms with E-state index in [4.69, 9.17) is 28.4 Å². The molecule has 0 aromatic heterocycles. The molecule has 8 nitrogen and oxygen atoms in total. The Hall–Kier alpha value is -3.56. The number of hydrogen-bond acceptors (Lipinski definition) is 8. The fourth-order valence-electron chi connectivity index (χ4n) is 12.6. The molecular formula is C70H114O8. The molecule has 8 heteroatoms. The van der Waals surface area contributed by atoms with Crippen molar-refractivity contribution in [1.82, 2.24) is 0 Å². The van der Waals surface area contributed by atoms with Crippen LogP contribution in [0.15, 0.2) is 98.6 Å². The monoisotopic (exact) mass is 1080 g/mol. The van der Waals surface area contributed by atoms with Crippen molar-refractivity contribution in [3.05, 3.63) is 110 Å². The Kier molecular flexibility index (Phi) is 25.0. The van der Waals surface area contributed by atoms with Gasteiger partial charge in [0.1, 0.15) is 11.2 Å². The topological polar surface area (TPSA) is 89.5 Å². The van der Waals surface area contributed by atoms with E-state index in [0.717, 1.165) is 88.0 Å². The Bertz CT molecular complexity index is 2160. The molecule has 0 spiro atoms. The molecule has 1 saturated carbocycles. The highest BCUT2D eigenvalue weighted by Crippen LogP contribution is 2.54. The van der Waals surface area contributed by atoms with Crippen LogP contribution in [0.3, 0.4) is 0 Å². The second-order valence-corrected chi connectivity index (χ2v) is 29.1.